The first-order chi connectivity index (χ1) is 21.4. The monoisotopic (exact) mass is 598 g/mol. The van der Waals surface area contributed by atoms with E-state index in [1.807, 2.05) is 79.0 Å². The van der Waals surface area contributed by atoms with Crippen LogP contribution in [0.2, 0.25) is 0 Å². The second kappa shape index (κ2) is 16.2. The molecule has 4 aromatic carbocycles. The number of carbonyl (C=O) groups excluding carboxylic acids is 1. The van der Waals surface area contributed by atoms with Gasteiger partial charge in [0.2, 0.25) is 0 Å². The summed E-state index contributed by atoms with van der Waals surface area (Å²) < 4.78 is 35.1. The Balaban J connectivity index is 1.52. The molecule has 8 heteroatoms. The smallest absolute Gasteiger partial charge is 0.311 e. The van der Waals surface area contributed by atoms with Crippen molar-refractivity contribution in [3.63, 3.8) is 0 Å². The highest BCUT2D eigenvalue weighted by molar-refractivity contribution is 5.79. The number of carbonyl (C=O) groups is 1. The van der Waals surface area contributed by atoms with E-state index < -0.39 is 12.0 Å². The first-order valence-corrected chi connectivity index (χ1v) is 14.4. The lowest BCUT2D eigenvalue weighted by molar-refractivity contribution is -0.146. The first kappa shape index (κ1) is 32.2. The zero-order chi connectivity index (χ0) is 31.3. The van der Waals surface area contributed by atoms with Crippen molar-refractivity contribution in [2.75, 3.05) is 33.8 Å². The van der Waals surface area contributed by atoms with E-state index >= 15 is 0 Å². The van der Waals surface area contributed by atoms with Crippen LogP contribution >= 0.6 is 0 Å². The first-order valence-electron chi connectivity index (χ1n) is 14.4. The summed E-state index contributed by atoms with van der Waals surface area (Å²) in [5.41, 5.74) is 4.65. The number of nitrogens with zero attached hydrogens (tertiary/aromatic N) is 1. The molecule has 0 saturated carbocycles. The van der Waals surface area contributed by atoms with Crippen LogP contribution in [0.25, 0.3) is 0 Å². The van der Waals surface area contributed by atoms with E-state index in [1.54, 1.807) is 33.5 Å². The molecule has 0 aliphatic carbocycles. The van der Waals surface area contributed by atoms with Gasteiger partial charge < -0.3 is 24.3 Å². The van der Waals surface area contributed by atoms with E-state index in [9.17, 15) is 9.18 Å². The summed E-state index contributed by atoms with van der Waals surface area (Å²) in [6.45, 7) is 0.529. The van der Waals surface area contributed by atoms with Crippen LogP contribution in [-0.4, -0.2) is 40.6 Å². The molecule has 4 rings (SSSR count). The molecule has 0 amide bonds. The number of hydrogen-bond acceptors (Lipinski definition) is 7. The number of hydrogen-bond donors (Lipinski definition) is 1. The van der Waals surface area contributed by atoms with Crippen molar-refractivity contribution in [1.29, 1.82) is 0 Å². The molecule has 0 aliphatic heterocycles. The van der Waals surface area contributed by atoms with E-state index in [4.69, 9.17) is 18.9 Å². The second-order valence-corrected chi connectivity index (χ2v) is 10.3. The molecule has 0 spiro atoms. The molecule has 44 heavy (non-hydrogen) atoms. The average molecular weight is 599 g/mol. The minimum atomic E-state index is -0.541. The Hall–Kier alpha value is -4.69. The number of ether oxygens (including phenoxy) is 4. The molecule has 0 aromatic heterocycles. The van der Waals surface area contributed by atoms with Crippen LogP contribution in [0.15, 0.2) is 102 Å². The Morgan fingerprint density at radius 2 is 1.36 bits per heavy atom. The average Bonchev–Trinajstić information content (AvgIpc) is 3.07. The maximum atomic E-state index is 13.5. The van der Waals surface area contributed by atoms with Crippen molar-refractivity contribution in [3.8, 4) is 11.5 Å². The van der Waals surface area contributed by atoms with Gasteiger partial charge in [0.1, 0.15) is 17.3 Å². The minimum Gasteiger partial charge on any atom is -0.497 e. The number of nitrogens with one attached hydrogen (secondary N) is 1. The summed E-state index contributed by atoms with van der Waals surface area (Å²) in [5.74, 6) is 0.336. The van der Waals surface area contributed by atoms with Gasteiger partial charge in [-0.3, -0.25) is 9.79 Å². The van der Waals surface area contributed by atoms with Crippen molar-refractivity contribution < 1.29 is 28.1 Å². The third-order valence-electron chi connectivity index (χ3n) is 7.55. The Morgan fingerprint density at radius 3 is 1.93 bits per heavy atom. The van der Waals surface area contributed by atoms with Gasteiger partial charge >= 0.3 is 5.97 Å². The van der Waals surface area contributed by atoms with Crippen LogP contribution in [0.4, 0.5) is 10.1 Å². The molecule has 230 valence electrons. The number of rotatable bonds is 15. The van der Waals surface area contributed by atoms with Crippen molar-refractivity contribution in [1.82, 2.24) is 0 Å². The van der Waals surface area contributed by atoms with Crippen LogP contribution in [-0.2, 0) is 20.8 Å². The largest absolute Gasteiger partial charge is 0.497 e. The lowest BCUT2D eigenvalue weighted by atomic mass is 9.87. The Bertz CT molecular complexity index is 1470. The zero-order valence-electron chi connectivity index (χ0n) is 25.5. The summed E-state index contributed by atoms with van der Waals surface area (Å²) in [6.07, 6.45) is 2.52. The van der Waals surface area contributed by atoms with Crippen LogP contribution < -0.4 is 14.8 Å². The highest BCUT2D eigenvalue weighted by atomic mass is 19.1. The summed E-state index contributed by atoms with van der Waals surface area (Å²) in [7, 11) is 6.27. The fourth-order valence-electron chi connectivity index (χ4n) is 5.06. The topological polar surface area (TPSA) is 78.4 Å². The van der Waals surface area contributed by atoms with Gasteiger partial charge in [-0.1, -0.05) is 36.4 Å². The van der Waals surface area contributed by atoms with Gasteiger partial charge in [0.15, 0.2) is 0 Å². The van der Waals surface area contributed by atoms with E-state index in [0.29, 0.717) is 19.4 Å². The molecular formula is C36H39FN2O5. The summed E-state index contributed by atoms with van der Waals surface area (Å²) in [6, 6.07) is 29.2. The summed E-state index contributed by atoms with van der Waals surface area (Å²) >= 11 is 0. The minimum absolute atomic E-state index is 0.308. The normalized spacial score (nSPS) is 13.2. The van der Waals surface area contributed by atoms with E-state index in [1.165, 1.54) is 19.2 Å². The molecule has 0 fully saturated rings. The molecule has 0 bridgehead atoms. The van der Waals surface area contributed by atoms with Gasteiger partial charge in [0, 0.05) is 19.0 Å². The van der Waals surface area contributed by atoms with Gasteiger partial charge in [0.25, 0.3) is 0 Å². The molecule has 0 radical (unpaired) electrons. The van der Waals surface area contributed by atoms with Crippen LogP contribution in [0.3, 0.4) is 0 Å². The molecule has 3 atom stereocenters. The third-order valence-corrected chi connectivity index (χ3v) is 7.55. The predicted molar refractivity (Wildman–Crippen MR) is 171 cm³/mol. The molecule has 1 N–H and O–H groups in total. The van der Waals surface area contributed by atoms with Gasteiger partial charge in [-0.25, -0.2) is 4.39 Å². The predicted octanol–water partition coefficient (Wildman–Crippen LogP) is 7.57. The fraction of sp³-hybridized carbons (Fsp3) is 0.278. The highest BCUT2D eigenvalue weighted by Gasteiger charge is 2.32. The lowest BCUT2D eigenvalue weighted by Crippen LogP contribution is -2.29. The SMILES string of the molecule is COC(=O)[C@H](CC[C@H](OC)c1ccc(F)cc1)C(Nc1ccc(CN=Cc2ccc(OC)cc2)cc1)c1ccc(OC)cc1. The Labute approximate surface area is 258 Å². The summed E-state index contributed by atoms with van der Waals surface area (Å²) in [5, 5.41) is 3.57. The molecule has 0 heterocycles. The Morgan fingerprint density at radius 1 is 0.773 bits per heavy atom. The maximum absolute atomic E-state index is 13.5. The highest BCUT2D eigenvalue weighted by Crippen LogP contribution is 2.35. The number of aliphatic imine (C=N–C) groups is 1. The van der Waals surface area contributed by atoms with E-state index in [2.05, 4.69) is 10.3 Å². The fourth-order valence-corrected chi connectivity index (χ4v) is 5.06. The van der Waals surface area contributed by atoms with Gasteiger partial charge in [0.05, 0.1) is 45.9 Å². The quantitative estimate of drug-likeness (QED) is 0.112. The van der Waals surface area contributed by atoms with Crippen LogP contribution in [0, 0.1) is 11.7 Å². The molecule has 0 aliphatic rings. The molecule has 1 unspecified atom stereocenters. The number of halogens is 1. The van der Waals surface area contributed by atoms with Crippen molar-refractivity contribution in [2.45, 2.75) is 31.5 Å². The van der Waals surface area contributed by atoms with Crippen LogP contribution in [0.1, 0.15) is 47.2 Å². The van der Waals surface area contributed by atoms with Gasteiger partial charge in [-0.2, -0.15) is 0 Å². The lowest BCUT2D eigenvalue weighted by Gasteiger charge is -2.29. The number of anilines is 1. The van der Waals surface area contributed by atoms with Gasteiger partial charge in [-0.15, -0.1) is 0 Å². The van der Waals surface area contributed by atoms with Crippen molar-refractivity contribution >= 4 is 17.9 Å². The molecule has 0 saturated heterocycles. The van der Waals surface area contributed by atoms with Gasteiger partial charge in [-0.05, 0) is 95.8 Å². The molecule has 4 aromatic rings. The van der Waals surface area contributed by atoms with E-state index in [0.717, 1.165) is 39.4 Å². The van der Waals surface area contributed by atoms with E-state index in [-0.39, 0.29) is 17.9 Å². The maximum Gasteiger partial charge on any atom is 0.311 e. The Kier molecular flexibility index (Phi) is 11.9. The third kappa shape index (κ3) is 8.91. The van der Waals surface area contributed by atoms with Crippen LogP contribution in [0.5, 0.6) is 11.5 Å². The molecular weight excluding hydrogens is 559 g/mol. The number of benzene rings is 4. The molecule has 7 nitrogen and oxygen atoms in total. The zero-order valence-corrected chi connectivity index (χ0v) is 25.5. The second-order valence-electron chi connectivity index (χ2n) is 10.3. The van der Waals surface area contributed by atoms with Crippen molar-refractivity contribution in [3.05, 3.63) is 125 Å². The number of methoxy groups -OCH3 is 4. The number of esters is 1. The standard InChI is InChI=1S/C36H39FN2O5/c1-41-31-17-7-26(8-18-31)24-38-23-25-5-15-30(16-6-25)39-35(28-11-19-32(42-2)20-12-28)33(36(40)44-4)21-22-34(43-3)27-9-13-29(37)14-10-27/h5-20,24,33-35,39H,21-23H2,1-4H3/t33-,34+,35?/m1/s1. The summed E-state index contributed by atoms with van der Waals surface area (Å²) in [4.78, 5) is 17.8. The van der Waals surface area contributed by atoms with Crippen molar-refractivity contribution in [2.24, 2.45) is 10.9 Å².